The van der Waals surface area contributed by atoms with Gasteiger partial charge in [-0.3, -0.25) is 0 Å². The first kappa shape index (κ1) is 19.9. The lowest BCUT2D eigenvalue weighted by Gasteiger charge is -2.38. The number of imidazole rings is 1. The maximum atomic E-state index is 2.49. The Morgan fingerprint density at radius 3 is 2.00 bits per heavy atom. The molecule has 2 bridgehead atoms. The minimum Gasteiger partial charge on any atom is -0.236 e. The van der Waals surface area contributed by atoms with Crippen molar-refractivity contribution in [1.29, 1.82) is 0 Å². The zero-order valence-corrected chi connectivity index (χ0v) is 19.9. The molecule has 1 aromatic heterocycles. The van der Waals surface area contributed by atoms with Gasteiger partial charge in [-0.2, -0.15) is 4.57 Å². The van der Waals surface area contributed by atoms with E-state index in [1.54, 1.807) is 5.69 Å². The Balaban J connectivity index is 0.00000196. The Kier molecular flexibility index (Phi) is 4.28. The van der Waals surface area contributed by atoms with Crippen molar-refractivity contribution in [3.05, 3.63) is 47.5 Å². The van der Waals surface area contributed by atoms with Crippen LogP contribution in [0.1, 0.15) is 78.3 Å². The van der Waals surface area contributed by atoms with E-state index in [1.165, 1.54) is 29.8 Å². The molecule has 1 aromatic carbocycles. The molecule has 0 spiro atoms. The van der Waals surface area contributed by atoms with Crippen LogP contribution >= 0.6 is 24.0 Å². The summed E-state index contributed by atoms with van der Waals surface area (Å²) in [7, 11) is 2.23. The van der Waals surface area contributed by atoms with E-state index in [2.05, 4.69) is 95.2 Å². The number of aryl methyl sites for hydroxylation is 1. The van der Waals surface area contributed by atoms with E-state index < -0.39 is 0 Å². The lowest BCUT2D eigenvalue weighted by Crippen LogP contribution is -2.44. The van der Waals surface area contributed by atoms with E-state index in [9.17, 15) is 0 Å². The molecule has 142 valence electrons. The highest BCUT2D eigenvalue weighted by Gasteiger charge is 2.71. The van der Waals surface area contributed by atoms with Gasteiger partial charge in [-0.1, -0.05) is 60.6 Å². The summed E-state index contributed by atoms with van der Waals surface area (Å²) in [5.74, 6) is 0. The Bertz CT molecular complexity index is 854. The predicted molar refractivity (Wildman–Crippen MR) is 119 cm³/mol. The molecule has 2 aliphatic carbocycles. The van der Waals surface area contributed by atoms with Gasteiger partial charge in [-0.05, 0) is 41.4 Å². The van der Waals surface area contributed by atoms with Crippen LogP contribution in [0.25, 0.3) is 5.69 Å². The first-order valence-electron chi connectivity index (χ1n) is 9.66. The minimum absolute atomic E-state index is 0. The average molecular weight is 465 g/mol. The van der Waals surface area contributed by atoms with Crippen LogP contribution in [0, 0.1) is 5.41 Å². The minimum atomic E-state index is 0. The molecule has 3 heteroatoms. The Morgan fingerprint density at radius 1 is 0.923 bits per heavy atom. The van der Waals surface area contributed by atoms with Gasteiger partial charge in [0.15, 0.2) is 11.4 Å². The lowest BCUT2D eigenvalue weighted by molar-refractivity contribution is -0.682. The summed E-state index contributed by atoms with van der Waals surface area (Å²) < 4.78 is 4.85. The quantitative estimate of drug-likeness (QED) is 0.385. The summed E-state index contributed by atoms with van der Waals surface area (Å²) in [6.45, 7) is 16.8. The van der Waals surface area contributed by atoms with Crippen molar-refractivity contribution in [1.82, 2.24) is 4.57 Å². The van der Waals surface area contributed by atoms with E-state index in [4.69, 9.17) is 0 Å². The van der Waals surface area contributed by atoms with Crippen molar-refractivity contribution in [3.63, 3.8) is 0 Å². The van der Waals surface area contributed by atoms with E-state index in [0.29, 0.717) is 0 Å². The number of rotatable bonds is 1. The number of halogens is 1. The van der Waals surface area contributed by atoms with E-state index >= 15 is 0 Å². The van der Waals surface area contributed by atoms with E-state index in [1.807, 2.05) is 0 Å². The highest BCUT2D eigenvalue weighted by atomic mass is 127. The molecule has 2 aliphatic rings. The van der Waals surface area contributed by atoms with Gasteiger partial charge in [0.05, 0.1) is 7.05 Å². The topological polar surface area (TPSA) is 8.81 Å². The number of nitrogens with zero attached hydrogens (tertiary/aromatic N) is 2. The van der Waals surface area contributed by atoms with Crippen LogP contribution in [0.15, 0.2) is 30.6 Å². The first-order chi connectivity index (χ1) is 11.4. The fraction of sp³-hybridized carbons (Fsp3) is 0.609. The molecule has 2 atom stereocenters. The van der Waals surface area contributed by atoms with Crippen molar-refractivity contribution in [2.45, 2.75) is 77.6 Å². The summed E-state index contributed by atoms with van der Waals surface area (Å²) in [6.07, 6.45) is 4.88. The van der Waals surface area contributed by atoms with Gasteiger partial charge in [0.2, 0.25) is 6.33 Å². The highest BCUT2D eigenvalue weighted by Crippen LogP contribution is 2.70. The van der Waals surface area contributed by atoms with Crippen molar-refractivity contribution in [2.24, 2.45) is 12.5 Å². The Hall–Kier alpha value is -0.840. The van der Waals surface area contributed by atoms with Crippen molar-refractivity contribution in [3.8, 4) is 5.69 Å². The second-order valence-electron chi connectivity index (χ2n) is 10.4. The SMILES string of the molecule is C[n+]1cn(-c2ccc(C(C)(C)C)cc2)c2c1C1(C)CCC2(C)C1(C)C.I. The maximum absolute atomic E-state index is 2.49. The highest BCUT2D eigenvalue weighted by molar-refractivity contribution is 14.0. The summed E-state index contributed by atoms with van der Waals surface area (Å²) in [5, 5.41) is 0. The fourth-order valence-corrected chi connectivity index (χ4v) is 5.63. The standard InChI is InChI=1S/C23H33N2.HI/c1-20(2,3)16-9-11-17(12-10-16)25-15-24(8)18-19(25)23(7)14-13-22(18,6)21(23,4)5;/h9-12,15H,13-14H2,1-8H3;1H/q+1;. The number of hydrogen-bond acceptors (Lipinski definition) is 0. The molecule has 1 heterocycles. The molecule has 26 heavy (non-hydrogen) atoms. The predicted octanol–water partition coefficient (Wildman–Crippen LogP) is 5.57. The number of benzene rings is 1. The smallest absolute Gasteiger partial charge is 0.236 e. The summed E-state index contributed by atoms with van der Waals surface area (Å²) >= 11 is 0. The monoisotopic (exact) mass is 465 g/mol. The third-order valence-corrected chi connectivity index (χ3v) is 8.05. The van der Waals surface area contributed by atoms with Crippen LogP contribution in [-0.2, 0) is 23.3 Å². The molecule has 2 unspecified atom stereocenters. The van der Waals surface area contributed by atoms with Crippen LogP contribution < -0.4 is 4.57 Å². The Morgan fingerprint density at radius 2 is 1.46 bits per heavy atom. The Labute approximate surface area is 176 Å². The van der Waals surface area contributed by atoms with E-state index in [-0.39, 0.29) is 45.6 Å². The van der Waals surface area contributed by atoms with Gasteiger partial charge < -0.3 is 0 Å². The fourth-order valence-electron chi connectivity index (χ4n) is 5.63. The first-order valence-corrected chi connectivity index (χ1v) is 9.66. The van der Waals surface area contributed by atoms with Crippen LogP contribution in [0.2, 0.25) is 0 Å². The summed E-state index contributed by atoms with van der Waals surface area (Å²) in [4.78, 5) is 0. The molecular formula is C23H34IN2+. The van der Waals surface area contributed by atoms with Crippen molar-refractivity contribution >= 4 is 24.0 Å². The molecule has 1 saturated carbocycles. The van der Waals surface area contributed by atoms with Gasteiger partial charge in [-0.15, -0.1) is 24.0 Å². The summed E-state index contributed by atoms with van der Waals surface area (Å²) in [5.41, 5.74) is 6.76. The maximum Gasteiger partial charge on any atom is 0.249 e. The normalized spacial score (nSPS) is 28.8. The molecule has 1 fully saturated rings. The van der Waals surface area contributed by atoms with Crippen LogP contribution in [0.3, 0.4) is 0 Å². The molecule has 0 N–H and O–H groups in total. The van der Waals surface area contributed by atoms with Gasteiger partial charge in [0.25, 0.3) is 0 Å². The average Bonchev–Trinajstić information content (AvgIpc) is 3.01. The zero-order chi connectivity index (χ0) is 18.4. The molecule has 0 radical (unpaired) electrons. The summed E-state index contributed by atoms with van der Waals surface area (Å²) in [6, 6.07) is 9.19. The van der Waals surface area contributed by atoms with Gasteiger partial charge >= 0.3 is 0 Å². The number of fused-ring (bicyclic) bond motifs is 5. The molecule has 0 amide bonds. The second kappa shape index (κ2) is 5.59. The van der Waals surface area contributed by atoms with E-state index in [0.717, 1.165) is 0 Å². The third kappa shape index (κ3) is 2.18. The van der Waals surface area contributed by atoms with Crippen molar-refractivity contribution < 1.29 is 4.57 Å². The number of aromatic nitrogens is 2. The molecule has 0 aliphatic heterocycles. The van der Waals surface area contributed by atoms with Gasteiger partial charge in [-0.25, -0.2) is 4.57 Å². The zero-order valence-electron chi connectivity index (χ0n) is 17.6. The molecule has 2 aromatic rings. The third-order valence-electron chi connectivity index (χ3n) is 8.05. The van der Waals surface area contributed by atoms with Crippen molar-refractivity contribution in [2.75, 3.05) is 0 Å². The lowest BCUT2D eigenvalue weighted by atomic mass is 9.64. The second-order valence-corrected chi connectivity index (χ2v) is 10.4. The number of hydrogen-bond donors (Lipinski definition) is 0. The largest absolute Gasteiger partial charge is 0.249 e. The molecule has 2 nitrogen and oxygen atoms in total. The molecule has 4 rings (SSSR count). The van der Waals surface area contributed by atoms with Crippen LogP contribution in [0.4, 0.5) is 0 Å². The van der Waals surface area contributed by atoms with Gasteiger partial charge in [0, 0.05) is 10.8 Å². The van der Waals surface area contributed by atoms with Crippen LogP contribution in [-0.4, -0.2) is 4.57 Å². The van der Waals surface area contributed by atoms with Gasteiger partial charge in [0.1, 0.15) is 5.69 Å². The molecule has 0 saturated heterocycles. The molecular weight excluding hydrogens is 431 g/mol. The van der Waals surface area contributed by atoms with Crippen LogP contribution in [0.5, 0.6) is 0 Å².